The number of halogens is 2. The number of carbonyl (C=O) groups excluding carboxylic acids is 1. The van der Waals surface area contributed by atoms with Crippen LogP contribution in [0, 0.1) is 5.82 Å². The summed E-state index contributed by atoms with van der Waals surface area (Å²) >= 11 is 6.07. The Bertz CT molecular complexity index is 1880. The fourth-order valence-corrected chi connectivity index (χ4v) is 4.78. The molecule has 1 amide bonds. The van der Waals surface area contributed by atoms with E-state index in [0.29, 0.717) is 50.0 Å². The Balaban J connectivity index is 1.55. The van der Waals surface area contributed by atoms with Crippen LogP contribution in [0.3, 0.4) is 0 Å². The van der Waals surface area contributed by atoms with E-state index >= 15 is 0 Å². The summed E-state index contributed by atoms with van der Waals surface area (Å²) in [6, 6.07) is 19.2. The van der Waals surface area contributed by atoms with Crippen LogP contribution in [0.5, 0.6) is 0 Å². The zero-order valence-electron chi connectivity index (χ0n) is 21.3. The maximum absolute atomic E-state index is 13.6. The van der Waals surface area contributed by atoms with Gasteiger partial charge in [-0.05, 0) is 54.1 Å². The summed E-state index contributed by atoms with van der Waals surface area (Å²) < 4.78 is 25.7. The number of aromatic nitrogens is 2. The third kappa shape index (κ3) is 4.38. The molecule has 0 unspecified atom stereocenters. The summed E-state index contributed by atoms with van der Waals surface area (Å²) in [7, 11) is 5.44. The number of nitrogens with zero attached hydrogens (tertiary/aromatic N) is 3. The second kappa shape index (κ2) is 9.56. The molecule has 0 saturated carbocycles. The number of fused-ring (bicyclic) bond motifs is 2. The standard InChI is InChI=1S/C30H22ClFN4O3/c1-33-28(37)26-22-13-21(24(36(2)3)14-25(22)38-27(26)16-7-9-20(32)10-8-16)17-5-4-6-18(11-17)29-35-23-12-19(31)15-34-30(23)39-29/h4-15H,1-3H3,(H,33,37). The van der Waals surface area contributed by atoms with E-state index in [1.54, 1.807) is 25.2 Å². The van der Waals surface area contributed by atoms with Crippen molar-refractivity contribution in [3.63, 3.8) is 0 Å². The third-order valence-electron chi connectivity index (χ3n) is 6.48. The molecule has 9 heteroatoms. The van der Waals surface area contributed by atoms with Gasteiger partial charge in [-0.25, -0.2) is 14.4 Å². The van der Waals surface area contributed by atoms with Gasteiger partial charge in [-0.1, -0.05) is 23.7 Å². The van der Waals surface area contributed by atoms with Gasteiger partial charge in [-0.15, -0.1) is 0 Å². The van der Waals surface area contributed by atoms with Crippen LogP contribution >= 0.6 is 11.6 Å². The lowest BCUT2D eigenvalue weighted by molar-refractivity contribution is 0.0964. The van der Waals surface area contributed by atoms with Gasteiger partial charge < -0.3 is 19.1 Å². The molecular formula is C30H22ClFN4O3. The van der Waals surface area contributed by atoms with Crippen molar-refractivity contribution in [1.29, 1.82) is 0 Å². The molecule has 0 atom stereocenters. The van der Waals surface area contributed by atoms with Crippen LogP contribution < -0.4 is 10.2 Å². The van der Waals surface area contributed by atoms with Crippen LogP contribution in [0.15, 0.2) is 81.8 Å². The van der Waals surface area contributed by atoms with Crippen molar-refractivity contribution in [2.75, 3.05) is 26.0 Å². The highest BCUT2D eigenvalue weighted by molar-refractivity contribution is 6.31. The molecule has 3 aromatic heterocycles. The second-order valence-electron chi connectivity index (χ2n) is 9.23. The number of carbonyl (C=O) groups is 1. The van der Waals surface area contributed by atoms with Gasteiger partial charge in [0.05, 0.1) is 10.6 Å². The van der Waals surface area contributed by atoms with Gasteiger partial charge in [-0.3, -0.25) is 4.79 Å². The van der Waals surface area contributed by atoms with Crippen molar-refractivity contribution in [3.05, 3.63) is 89.3 Å². The van der Waals surface area contributed by atoms with Crippen LogP contribution in [0.4, 0.5) is 10.1 Å². The molecule has 0 aliphatic heterocycles. The average Bonchev–Trinajstić information content (AvgIpc) is 3.53. The number of anilines is 1. The van der Waals surface area contributed by atoms with Crippen LogP contribution in [-0.2, 0) is 0 Å². The first-order valence-electron chi connectivity index (χ1n) is 12.1. The fraction of sp³-hybridized carbons (Fsp3) is 0.100. The molecule has 3 aromatic carbocycles. The third-order valence-corrected chi connectivity index (χ3v) is 6.69. The summed E-state index contributed by atoms with van der Waals surface area (Å²) in [6.45, 7) is 0. The van der Waals surface area contributed by atoms with E-state index in [1.165, 1.54) is 18.3 Å². The number of amides is 1. The molecule has 1 N–H and O–H groups in total. The van der Waals surface area contributed by atoms with Crippen molar-refractivity contribution in [2.45, 2.75) is 0 Å². The van der Waals surface area contributed by atoms with Crippen molar-refractivity contribution in [3.8, 4) is 33.9 Å². The molecule has 3 heterocycles. The second-order valence-corrected chi connectivity index (χ2v) is 9.67. The Morgan fingerprint density at radius 3 is 2.49 bits per heavy atom. The normalized spacial score (nSPS) is 11.3. The Hall–Kier alpha value is -4.69. The van der Waals surface area contributed by atoms with E-state index in [9.17, 15) is 9.18 Å². The lowest BCUT2D eigenvalue weighted by atomic mass is 9.97. The van der Waals surface area contributed by atoms with Crippen LogP contribution in [0.25, 0.3) is 56.1 Å². The summed E-state index contributed by atoms with van der Waals surface area (Å²) in [5.41, 5.74) is 5.90. The van der Waals surface area contributed by atoms with Gasteiger partial charge in [-0.2, -0.15) is 0 Å². The van der Waals surface area contributed by atoms with Crippen molar-refractivity contribution in [1.82, 2.24) is 15.3 Å². The smallest absolute Gasteiger partial charge is 0.255 e. The lowest BCUT2D eigenvalue weighted by Gasteiger charge is -2.18. The molecule has 6 rings (SSSR count). The molecular weight excluding hydrogens is 519 g/mol. The molecule has 0 bridgehead atoms. The zero-order valence-corrected chi connectivity index (χ0v) is 22.0. The molecule has 194 valence electrons. The van der Waals surface area contributed by atoms with E-state index in [0.717, 1.165) is 22.4 Å². The highest BCUT2D eigenvalue weighted by atomic mass is 35.5. The predicted octanol–water partition coefficient (Wildman–Crippen LogP) is 7.19. The minimum Gasteiger partial charge on any atom is -0.455 e. The van der Waals surface area contributed by atoms with Crippen molar-refractivity contribution < 1.29 is 18.0 Å². The largest absolute Gasteiger partial charge is 0.455 e. The van der Waals surface area contributed by atoms with E-state index in [2.05, 4.69) is 15.3 Å². The Morgan fingerprint density at radius 2 is 1.74 bits per heavy atom. The number of oxazole rings is 1. The molecule has 7 nitrogen and oxygen atoms in total. The number of rotatable bonds is 5. The fourth-order valence-electron chi connectivity index (χ4n) is 4.63. The minimum atomic E-state index is -0.369. The average molecular weight is 541 g/mol. The Morgan fingerprint density at radius 1 is 0.974 bits per heavy atom. The summed E-state index contributed by atoms with van der Waals surface area (Å²) in [5, 5.41) is 3.82. The number of hydrogen-bond acceptors (Lipinski definition) is 6. The van der Waals surface area contributed by atoms with Crippen LogP contribution in [-0.4, -0.2) is 37.0 Å². The molecule has 0 radical (unpaired) electrons. The zero-order chi connectivity index (χ0) is 27.3. The van der Waals surface area contributed by atoms with E-state index in [4.69, 9.17) is 20.4 Å². The number of nitrogens with one attached hydrogen (secondary N) is 1. The quantitative estimate of drug-likeness (QED) is 0.249. The lowest BCUT2D eigenvalue weighted by Crippen LogP contribution is -2.18. The highest BCUT2D eigenvalue weighted by Crippen LogP contribution is 2.41. The van der Waals surface area contributed by atoms with E-state index in [1.807, 2.05) is 55.4 Å². The van der Waals surface area contributed by atoms with Gasteiger partial charge >= 0.3 is 0 Å². The molecule has 0 aliphatic carbocycles. The Labute approximate surface area is 227 Å². The Kier molecular flexibility index (Phi) is 6.04. The number of benzene rings is 3. The van der Waals surface area contributed by atoms with E-state index < -0.39 is 0 Å². The van der Waals surface area contributed by atoms with Crippen molar-refractivity contribution >= 4 is 45.4 Å². The van der Waals surface area contributed by atoms with Crippen LogP contribution in [0.2, 0.25) is 5.02 Å². The first kappa shape index (κ1) is 24.6. The molecule has 39 heavy (non-hydrogen) atoms. The van der Waals surface area contributed by atoms with Gasteiger partial charge in [0.15, 0.2) is 0 Å². The highest BCUT2D eigenvalue weighted by Gasteiger charge is 2.24. The van der Waals surface area contributed by atoms with Crippen molar-refractivity contribution in [2.24, 2.45) is 0 Å². The summed E-state index contributed by atoms with van der Waals surface area (Å²) in [6.07, 6.45) is 1.52. The summed E-state index contributed by atoms with van der Waals surface area (Å²) in [5.74, 6) is 0.119. The molecule has 0 spiro atoms. The van der Waals surface area contributed by atoms with E-state index in [-0.39, 0.29) is 11.7 Å². The first-order valence-corrected chi connectivity index (χ1v) is 12.5. The van der Waals surface area contributed by atoms with Gasteiger partial charge in [0.25, 0.3) is 5.91 Å². The topological polar surface area (TPSA) is 84.4 Å². The van der Waals surface area contributed by atoms with Gasteiger partial charge in [0, 0.05) is 61.2 Å². The number of furan rings is 1. The minimum absolute atomic E-state index is 0.303. The molecule has 0 aliphatic rings. The van der Waals surface area contributed by atoms with Gasteiger partial charge in [0.2, 0.25) is 11.6 Å². The monoisotopic (exact) mass is 540 g/mol. The predicted molar refractivity (Wildman–Crippen MR) is 151 cm³/mol. The van der Waals surface area contributed by atoms with Gasteiger partial charge in [0.1, 0.15) is 22.7 Å². The number of pyridine rings is 1. The first-order chi connectivity index (χ1) is 18.8. The maximum Gasteiger partial charge on any atom is 0.255 e. The summed E-state index contributed by atoms with van der Waals surface area (Å²) in [4.78, 5) is 23.8. The molecule has 0 fully saturated rings. The maximum atomic E-state index is 13.6. The van der Waals surface area contributed by atoms with Crippen LogP contribution in [0.1, 0.15) is 10.4 Å². The SMILES string of the molecule is CNC(=O)c1c(-c2ccc(F)cc2)oc2cc(N(C)C)c(-c3cccc(-c4nc5cc(Cl)cnc5o4)c3)cc12. The molecule has 0 saturated heterocycles. The molecule has 6 aromatic rings. The number of hydrogen-bond donors (Lipinski definition) is 1.